The fraction of sp³-hybridized carbons (Fsp3) is 0.360. The van der Waals surface area contributed by atoms with Crippen LogP contribution in [0.5, 0.6) is 5.75 Å². The molecule has 0 radical (unpaired) electrons. The highest BCUT2D eigenvalue weighted by molar-refractivity contribution is 6.38. The molecule has 1 aromatic rings. The van der Waals surface area contributed by atoms with Gasteiger partial charge in [0.15, 0.2) is 24.5 Å². The summed E-state index contributed by atoms with van der Waals surface area (Å²) < 4.78 is 116. The summed E-state index contributed by atoms with van der Waals surface area (Å²) in [4.78, 5) is 17.3. The minimum absolute atomic E-state index is 0.00659. The molecule has 1 atom stereocenters. The van der Waals surface area contributed by atoms with E-state index in [0.717, 1.165) is 18.2 Å². The molecule has 1 aliphatic rings. The summed E-state index contributed by atoms with van der Waals surface area (Å²) in [7, 11) is 0. The highest BCUT2D eigenvalue weighted by Gasteiger charge is 2.33. The van der Waals surface area contributed by atoms with Gasteiger partial charge in [-0.2, -0.15) is 22.0 Å². The second-order valence-corrected chi connectivity index (χ2v) is 7.99. The number of nitrogens with zero attached hydrogens (tertiary/aromatic N) is 1. The van der Waals surface area contributed by atoms with Gasteiger partial charge in [0.25, 0.3) is 5.92 Å². The van der Waals surface area contributed by atoms with Crippen molar-refractivity contribution in [3.8, 4) is 5.75 Å². The van der Waals surface area contributed by atoms with Gasteiger partial charge in [0, 0.05) is 11.6 Å². The molecule has 214 valence electrons. The van der Waals surface area contributed by atoms with Crippen LogP contribution in [0.15, 0.2) is 72.1 Å². The van der Waals surface area contributed by atoms with Crippen LogP contribution in [0, 0.1) is 0 Å². The zero-order chi connectivity index (χ0) is 29.4. The van der Waals surface area contributed by atoms with Crippen molar-refractivity contribution in [1.82, 2.24) is 5.32 Å². The molecule has 0 saturated carbocycles. The smallest absolute Gasteiger partial charge is 0.469 e. The SMILES string of the molecule is C=CC(F)(F)COC1C=C(OCC(F)(F)F)NC(C(=C)C(=O)/C(=C\CCC)c2ccc(OC(F)(F)F)cc2)=N1. The predicted molar refractivity (Wildman–Crippen MR) is 126 cm³/mol. The summed E-state index contributed by atoms with van der Waals surface area (Å²) in [6.07, 6.45) is -7.63. The number of carbonyl (C=O) groups excluding carboxylic acids is 1. The number of unbranched alkanes of at least 4 members (excludes halogenated alkanes) is 1. The number of ketones is 1. The zero-order valence-electron chi connectivity index (χ0n) is 20.5. The maximum atomic E-state index is 13.6. The van der Waals surface area contributed by atoms with E-state index in [1.165, 1.54) is 18.2 Å². The molecule has 0 fully saturated rings. The van der Waals surface area contributed by atoms with Crippen molar-refractivity contribution in [1.29, 1.82) is 0 Å². The summed E-state index contributed by atoms with van der Waals surface area (Å²) in [5, 5.41) is 2.35. The quantitative estimate of drug-likeness (QED) is 0.168. The lowest BCUT2D eigenvalue weighted by atomic mass is 9.95. The van der Waals surface area contributed by atoms with Gasteiger partial charge in [0.2, 0.25) is 0 Å². The molecule has 0 bridgehead atoms. The molecule has 1 heterocycles. The van der Waals surface area contributed by atoms with Gasteiger partial charge < -0.3 is 19.5 Å². The third-order valence-corrected chi connectivity index (χ3v) is 4.77. The Morgan fingerprint density at radius 1 is 1.08 bits per heavy atom. The van der Waals surface area contributed by atoms with Crippen LogP contribution in [0.3, 0.4) is 0 Å². The third kappa shape index (κ3) is 10.5. The number of hydrogen-bond donors (Lipinski definition) is 1. The fourth-order valence-corrected chi connectivity index (χ4v) is 2.96. The van der Waals surface area contributed by atoms with E-state index in [-0.39, 0.29) is 11.1 Å². The Balaban J connectivity index is 2.34. The van der Waals surface area contributed by atoms with Crippen LogP contribution in [-0.4, -0.2) is 49.5 Å². The molecular formula is C25H24F8N2O4. The molecule has 6 nitrogen and oxygen atoms in total. The number of nitrogens with one attached hydrogen (secondary N) is 1. The molecule has 1 unspecified atom stereocenters. The Morgan fingerprint density at radius 2 is 1.72 bits per heavy atom. The van der Waals surface area contributed by atoms with Crippen molar-refractivity contribution in [2.45, 2.75) is 44.5 Å². The average molecular weight is 568 g/mol. The lowest BCUT2D eigenvalue weighted by molar-refractivity contribution is -0.274. The average Bonchev–Trinajstić information content (AvgIpc) is 2.85. The van der Waals surface area contributed by atoms with Gasteiger partial charge in [0.1, 0.15) is 18.2 Å². The minimum Gasteiger partial charge on any atom is -0.469 e. The highest BCUT2D eigenvalue weighted by atomic mass is 19.4. The number of amidine groups is 1. The van der Waals surface area contributed by atoms with Gasteiger partial charge in [-0.3, -0.25) is 4.79 Å². The Morgan fingerprint density at radius 3 is 2.26 bits per heavy atom. The maximum Gasteiger partial charge on any atom is 0.573 e. The van der Waals surface area contributed by atoms with Gasteiger partial charge in [-0.1, -0.05) is 44.7 Å². The fourth-order valence-electron chi connectivity index (χ4n) is 2.96. The second-order valence-electron chi connectivity index (χ2n) is 7.99. The summed E-state index contributed by atoms with van der Waals surface area (Å²) in [5.41, 5.74) is -0.228. The molecule has 0 amide bonds. The molecule has 39 heavy (non-hydrogen) atoms. The Kier molecular flexibility index (Phi) is 10.4. The summed E-state index contributed by atoms with van der Waals surface area (Å²) in [6, 6.07) is 4.38. The van der Waals surface area contributed by atoms with Gasteiger partial charge in [0.05, 0.1) is 5.57 Å². The first-order valence-corrected chi connectivity index (χ1v) is 11.2. The van der Waals surface area contributed by atoms with E-state index in [2.05, 4.69) is 32.9 Å². The molecular weight excluding hydrogens is 544 g/mol. The van der Waals surface area contributed by atoms with E-state index in [9.17, 15) is 39.9 Å². The molecule has 1 N–H and O–H groups in total. The van der Waals surface area contributed by atoms with Crippen LogP contribution < -0.4 is 10.1 Å². The number of halogens is 8. The van der Waals surface area contributed by atoms with Crippen molar-refractivity contribution < 1.29 is 54.1 Å². The van der Waals surface area contributed by atoms with Crippen LogP contribution in [0.25, 0.3) is 5.57 Å². The first kappa shape index (κ1) is 31.5. The van der Waals surface area contributed by atoms with E-state index < -0.39 is 66.7 Å². The van der Waals surface area contributed by atoms with Crippen LogP contribution in [-0.2, 0) is 14.3 Å². The zero-order valence-corrected chi connectivity index (χ0v) is 20.5. The molecule has 1 aromatic carbocycles. The topological polar surface area (TPSA) is 69.2 Å². The van der Waals surface area contributed by atoms with Gasteiger partial charge in [-0.05, 0) is 30.2 Å². The number of allylic oxidation sites excluding steroid dienone is 2. The van der Waals surface area contributed by atoms with E-state index in [1.807, 2.05) is 0 Å². The number of ether oxygens (including phenoxy) is 3. The summed E-state index contributed by atoms with van der Waals surface area (Å²) in [5.74, 6) is -5.81. The highest BCUT2D eigenvalue weighted by Crippen LogP contribution is 2.28. The van der Waals surface area contributed by atoms with Gasteiger partial charge in [-0.25, -0.2) is 4.99 Å². The van der Waals surface area contributed by atoms with Crippen LogP contribution >= 0.6 is 0 Å². The van der Waals surface area contributed by atoms with Gasteiger partial charge >= 0.3 is 12.5 Å². The number of aliphatic imine (C=N–C) groups is 1. The third-order valence-electron chi connectivity index (χ3n) is 4.77. The molecule has 0 aromatic heterocycles. The number of hydrogen-bond acceptors (Lipinski definition) is 6. The second kappa shape index (κ2) is 12.9. The summed E-state index contributed by atoms with van der Waals surface area (Å²) in [6.45, 7) is 5.41. The number of benzene rings is 1. The normalized spacial score (nSPS) is 16.5. The Labute approximate surface area is 218 Å². The summed E-state index contributed by atoms with van der Waals surface area (Å²) >= 11 is 0. The molecule has 14 heteroatoms. The van der Waals surface area contributed by atoms with Crippen LogP contribution in [0.1, 0.15) is 25.3 Å². The Bertz CT molecular complexity index is 1140. The van der Waals surface area contributed by atoms with Crippen molar-refractivity contribution in [2.24, 2.45) is 4.99 Å². The number of Topliss-reactive ketones (excluding diaryl/α,β-unsaturated/α-hetero) is 1. The minimum atomic E-state index is -4.93. The number of carbonyl (C=O) groups is 1. The molecule has 0 spiro atoms. The van der Waals surface area contributed by atoms with Crippen LogP contribution in [0.2, 0.25) is 0 Å². The predicted octanol–water partition coefficient (Wildman–Crippen LogP) is 6.48. The van der Waals surface area contributed by atoms with Gasteiger partial charge in [-0.15, -0.1) is 13.2 Å². The van der Waals surface area contributed by atoms with E-state index >= 15 is 0 Å². The lowest BCUT2D eigenvalue weighted by Crippen LogP contribution is -2.37. The van der Waals surface area contributed by atoms with Crippen LogP contribution in [0.4, 0.5) is 35.1 Å². The molecule has 2 rings (SSSR count). The lowest BCUT2D eigenvalue weighted by Gasteiger charge is -2.24. The maximum absolute atomic E-state index is 13.6. The Hall–Kier alpha value is -3.68. The van der Waals surface area contributed by atoms with Crippen molar-refractivity contribution in [3.63, 3.8) is 0 Å². The number of alkyl halides is 8. The first-order chi connectivity index (χ1) is 18.0. The first-order valence-electron chi connectivity index (χ1n) is 11.2. The van der Waals surface area contributed by atoms with Crippen molar-refractivity contribution >= 4 is 17.2 Å². The molecule has 1 aliphatic heterocycles. The van der Waals surface area contributed by atoms with Crippen molar-refractivity contribution in [2.75, 3.05) is 13.2 Å². The number of rotatable bonds is 13. The largest absolute Gasteiger partial charge is 0.573 e. The standard InChI is InChI=1S/C25H24F8N2O4/c1-4-6-7-18(16-8-10-17(11-9-16)39-25(31,32)33)21(36)15(3)22-34-19(37-13-23(26,27)5-2)12-20(35-22)38-14-24(28,29)30/h5,7-12,19H,2-4,6,13-14H2,1H3,(H,34,35)/b18-7-. The van der Waals surface area contributed by atoms with E-state index in [4.69, 9.17) is 4.74 Å². The van der Waals surface area contributed by atoms with E-state index in [0.29, 0.717) is 18.9 Å². The molecule has 0 aliphatic carbocycles. The van der Waals surface area contributed by atoms with E-state index in [1.54, 1.807) is 6.92 Å². The van der Waals surface area contributed by atoms with Crippen molar-refractivity contribution in [3.05, 3.63) is 72.7 Å². The monoisotopic (exact) mass is 568 g/mol. The molecule has 0 saturated heterocycles.